The number of aliphatic imine (C=N–C) groups is 1. The van der Waals surface area contributed by atoms with E-state index in [-0.39, 0.29) is 18.2 Å². The fourth-order valence-corrected chi connectivity index (χ4v) is 4.08. The van der Waals surface area contributed by atoms with Crippen molar-refractivity contribution in [1.82, 2.24) is 4.90 Å². The first kappa shape index (κ1) is 21.9. The maximum atomic E-state index is 12.5. The number of anilines is 1. The average molecular weight is 446 g/mol. The minimum absolute atomic E-state index is 0.00202. The highest BCUT2D eigenvalue weighted by atomic mass is 35.5. The lowest BCUT2D eigenvalue weighted by Crippen LogP contribution is -2.30. The summed E-state index contributed by atoms with van der Waals surface area (Å²) >= 11 is 7.22. The average Bonchev–Trinajstić information content (AvgIpc) is 2.96. The molecule has 0 aliphatic carbocycles. The van der Waals surface area contributed by atoms with Gasteiger partial charge in [-0.3, -0.25) is 14.5 Å². The summed E-state index contributed by atoms with van der Waals surface area (Å²) in [5.74, 6) is -0.909. The SMILES string of the molecule is CCOC(=O)c1ccc(NC(=O)C[C@@H]2SC(=Nc3cccc(Cl)c3)N(C)C2=O)cc1. The van der Waals surface area contributed by atoms with E-state index in [2.05, 4.69) is 10.3 Å². The largest absolute Gasteiger partial charge is 0.462 e. The van der Waals surface area contributed by atoms with Gasteiger partial charge in [0.15, 0.2) is 5.17 Å². The molecular weight excluding hydrogens is 426 g/mol. The normalized spacial score (nSPS) is 17.3. The number of nitrogens with one attached hydrogen (secondary N) is 1. The molecule has 7 nitrogen and oxygen atoms in total. The summed E-state index contributed by atoms with van der Waals surface area (Å²) in [6.45, 7) is 2.03. The van der Waals surface area contributed by atoms with Gasteiger partial charge in [-0.15, -0.1) is 0 Å². The number of ether oxygens (including phenoxy) is 1. The van der Waals surface area contributed by atoms with Crippen LogP contribution >= 0.6 is 23.4 Å². The molecule has 0 radical (unpaired) electrons. The van der Waals surface area contributed by atoms with Crippen molar-refractivity contribution in [3.05, 3.63) is 59.1 Å². The number of carbonyl (C=O) groups is 3. The summed E-state index contributed by atoms with van der Waals surface area (Å²) in [4.78, 5) is 42.5. The van der Waals surface area contributed by atoms with Gasteiger partial charge in [0, 0.05) is 24.2 Å². The monoisotopic (exact) mass is 445 g/mol. The fraction of sp³-hybridized carbons (Fsp3) is 0.238. The van der Waals surface area contributed by atoms with Crippen LogP contribution in [0.1, 0.15) is 23.7 Å². The molecule has 1 fully saturated rings. The van der Waals surface area contributed by atoms with E-state index >= 15 is 0 Å². The molecule has 0 saturated carbocycles. The Morgan fingerprint density at radius 3 is 2.63 bits per heavy atom. The molecule has 1 aliphatic rings. The number of benzene rings is 2. The summed E-state index contributed by atoms with van der Waals surface area (Å²) in [5, 5.41) is 3.25. The summed E-state index contributed by atoms with van der Waals surface area (Å²) in [5.41, 5.74) is 1.57. The van der Waals surface area contributed by atoms with Crippen LogP contribution in [0.4, 0.5) is 11.4 Å². The highest BCUT2D eigenvalue weighted by molar-refractivity contribution is 8.15. The topological polar surface area (TPSA) is 88.1 Å². The van der Waals surface area contributed by atoms with Gasteiger partial charge in [-0.25, -0.2) is 9.79 Å². The lowest BCUT2D eigenvalue weighted by Gasteiger charge is -2.09. The van der Waals surface area contributed by atoms with E-state index in [1.54, 1.807) is 62.5 Å². The number of nitrogens with zero attached hydrogens (tertiary/aromatic N) is 2. The molecule has 1 saturated heterocycles. The maximum absolute atomic E-state index is 12.5. The standard InChI is InChI=1S/C21H20ClN3O4S/c1-3-29-20(28)13-7-9-15(10-8-13)23-18(26)12-17-19(27)25(2)21(30-17)24-16-6-4-5-14(22)11-16/h4-11,17H,3,12H2,1-2H3,(H,23,26)/t17-/m0/s1. The molecule has 30 heavy (non-hydrogen) atoms. The number of hydrogen-bond acceptors (Lipinski definition) is 6. The number of esters is 1. The van der Waals surface area contributed by atoms with Gasteiger partial charge in [-0.1, -0.05) is 29.4 Å². The molecule has 1 aliphatic heterocycles. The second-order valence-electron chi connectivity index (χ2n) is 6.43. The van der Waals surface area contributed by atoms with Crippen LogP contribution in [0.3, 0.4) is 0 Å². The molecule has 156 valence electrons. The number of carbonyl (C=O) groups excluding carboxylic acids is 3. The van der Waals surface area contributed by atoms with Crippen molar-refractivity contribution in [2.24, 2.45) is 4.99 Å². The number of amides is 2. The summed E-state index contributed by atoms with van der Waals surface area (Å²) in [6, 6.07) is 13.4. The Morgan fingerprint density at radius 1 is 1.23 bits per heavy atom. The number of rotatable bonds is 6. The van der Waals surface area contributed by atoms with Crippen LogP contribution < -0.4 is 5.32 Å². The van der Waals surface area contributed by atoms with Gasteiger partial charge in [-0.05, 0) is 49.4 Å². The minimum atomic E-state index is -0.563. The van der Waals surface area contributed by atoms with E-state index in [9.17, 15) is 14.4 Å². The van der Waals surface area contributed by atoms with Gasteiger partial charge in [0.25, 0.3) is 0 Å². The Morgan fingerprint density at radius 2 is 1.97 bits per heavy atom. The van der Waals surface area contributed by atoms with Crippen LogP contribution in [0.25, 0.3) is 0 Å². The van der Waals surface area contributed by atoms with Crippen molar-refractivity contribution in [2.45, 2.75) is 18.6 Å². The minimum Gasteiger partial charge on any atom is -0.462 e. The molecule has 0 unspecified atom stereocenters. The molecule has 0 bridgehead atoms. The van der Waals surface area contributed by atoms with Crippen molar-refractivity contribution >= 4 is 57.7 Å². The van der Waals surface area contributed by atoms with Crippen LogP contribution in [0.2, 0.25) is 5.02 Å². The first-order valence-electron chi connectivity index (χ1n) is 9.23. The second-order valence-corrected chi connectivity index (χ2v) is 8.03. The van der Waals surface area contributed by atoms with Crippen molar-refractivity contribution in [1.29, 1.82) is 0 Å². The first-order valence-corrected chi connectivity index (χ1v) is 10.5. The number of hydrogen-bond donors (Lipinski definition) is 1. The molecule has 2 aromatic rings. The van der Waals surface area contributed by atoms with E-state index < -0.39 is 11.2 Å². The Labute approximate surface area is 183 Å². The lowest BCUT2D eigenvalue weighted by molar-refractivity contribution is -0.127. The van der Waals surface area contributed by atoms with E-state index in [1.165, 1.54) is 16.7 Å². The molecule has 1 N–H and O–H groups in total. The number of thioether (sulfide) groups is 1. The summed E-state index contributed by atoms with van der Waals surface area (Å²) < 4.78 is 4.93. The third-order valence-corrected chi connectivity index (χ3v) is 5.69. The molecule has 9 heteroatoms. The van der Waals surface area contributed by atoms with Crippen LogP contribution in [0.15, 0.2) is 53.5 Å². The molecule has 1 heterocycles. The van der Waals surface area contributed by atoms with Crippen molar-refractivity contribution in [3.63, 3.8) is 0 Å². The maximum Gasteiger partial charge on any atom is 0.338 e. The second kappa shape index (κ2) is 9.77. The third kappa shape index (κ3) is 5.40. The predicted octanol–water partition coefficient (Wildman–Crippen LogP) is 4.11. The van der Waals surface area contributed by atoms with Crippen LogP contribution in [-0.4, -0.2) is 46.8 Å². The van der Waals surface area contributed by atoms with Crippen molar-refractivity contribution in [2.75, 3.05) is 19.0 Å². The summed E-state index contributed by atoms with van der Waals surface area (Å²) in [6.07, 6.45) is 0.00202. The smallest absolute Gasteiger partial charge is 0.338 e. The van der Waals surface area contributed by atoms with Crippen molar-refractivity contribution in [3.8, 4) is 0 Å². The molecular formula is C21H20ClN3O4S. The van der Waals surface area contributed by atoms with Gasteiger partial charge >= 0.3 is 5.97 Å². The van der Waals surface area contributed by atoms with Gasteiger partial charge in [0.1, 0.15) is 5.25 Å². The Bertz CT molecular complexity index is 994. The molecule has 3 rings (SSSR count). The number of halogens is 1. The predicted molar refractivity (Wildman–Crippen MR) is 118 cm³/mol. The first-order chi connectivity index (χ1) is 14.4. The van der Waals surface area contributed by atoms with Gasteiger partial charge < -0.3 is 10.1 Å². The Balaban J connectivity index is 1.61. The van der Waals surface area contributed by atoms with E-state index in [1.807, 2.05) is 0 Å². The molecule has 2 amide bonds. The zero-order valence-electron chi connectivity index (χ0n) is 16.4. The highest BCUT2D eigenvalue weighted by Crippen LogP contribution is 2.31. The molecule has 0 spiro atoms. The van der Waals surface area contributed by atoms with E-state index in [0.717, 1.165) is 0 Å². The third-order valence-electron chi connectivity index (χ3n) is 4.22. The quantitative estimate of drug-likeness (QED) is 0.676. The van der Waals surface area contributed by atoms with E-state index in [4.69, 9.17) is 16.3 Å². The van der Waals surface area contributed by atoms with Crippen LogP contribution in [0.5, 0.6) is 0 Å². The Hall–Kier alpha value is -2.84. The molecule has 0 aromatic heterocycles. The Kier molecular flexibility index (Phi) is 7.12. The van der Waals surface area contributed by atoms with Crippen LogP contribution in [-0.2, 0) is 14.3 Å². The fourth-order valence-electron chi connectivity index (χ4n) is 2.74. The zero-order chi connectivity index (χ0) is 21.7. The molecule has 1 atom stereocenters. The van der Waals surface area contributed by atoms with Gasteiger partial charge in [0.05, 0.1) is 17.9 Å². The van der Waals surface area contributed by atoms with Crippen molar-refractivity contribution < 1.29 is 19.1 Å². The summed E-state index contributed by atoms with van der Waals surface area (Å²) in [7, 11) is 1.63. The van der Waals surface area contributed by atoms with Crippen LogP contribution in [0, 0.1) is 0 Å². The molecule has 2 aromatic carbocycles. The lowest BCUT2D eigenvalue weighted by atomic mass is 10.2. The van der Waals surface area contributed by atoms with Gasteiger partial charge in [-0.2, -0.15) is 0 Å². The highest BCUT2D eigenvalue weighted by Gasteiger charge is 2.37. The number of amidine groups is 1. The zero-order valence-corrected chi connectivity index (χ0v) is 18.0. The van der Waals surface area contributed by atoms with E-state index in [0.29, 0.717) is 33.7 Å². The van der Waals surface area contributed by atoms with Gasteiger partial charge in [0.2, 0.25) is 11.8 Å².